The number of halogens is 2. The Kier molecular flexibility index (Phi) is 4.81. The maximum Gasteiger partial charge on any atom is 0.138 e. The zero-order chi connectivity index (χ0) is 15.6. The van der Waals surface area contributed by atoms with E-state index in [0.29, 0.717) is 28.0 Å². The van der Waals surface area contributed by atoms with Crippen LogP contribution in [0.4, 0.5) is 11.5 Å². The first-order chi connectivity index (χ1) is 9.92. The Bertz CT molecular complexity index is 722. The molecule has 0 unspecified atom stereocenters. The van der Waals surface area contributed by atoms with Crippen LogP contribution in [0.5, 0.6) is 0 Å². The number of nitrogens with one attached hydrogen (secondary N) is 1. The van der Waals surface area contributed by atoms with Crippen LogP contribution in [0, 0.1) is 18.3 Å². The molecule has 1 aromatic heterocycles. The van der Waals surface area contributed by atoms with E-state index >= 15 is 0 Å². The van der Waals surface area contributed by atoms with E-state index in [1.165, 1.54) is 0 Å². The Morgan fingerprint density at radius 1 is 1.33 bits per heavy atom. The lowest BCUT2D eigenvalue weighted by atomic mass is 10.2. The standard InChI is InChI=1S/C15H14BrClN4/c1-8(2)14-20-13(17)9(3)15(21-14)19-12-6-11(16)5-4-10(12)7-18/h4-6,8H,1-3H3,(H,19,20,21). The molecule has 1 N–H and O–H groups in total. The van der Waals surface area contributed by atoms with Crippen LogP contribution < -0.4 is 5.32 Å². The molecule has 2 rings (SSSR count). The quantitative estimate of drug-likeness (QED) is 0.783. The highest BCUT2D eigenvalue weighted by atomic mass is 79.9. The molecule has 0 radical (unpaired) electrons. The number of nitrogens with zero attached hydrogens (tertiary/aromatic N) is 3. The van der Waals surface area contributed by atoms with Gasteiger partial charge in [-0.15, -0.1) is 0 Å². The average molecular weight is 366 g/mol. The fraction of sp³-hybridized carbons (Fsp3) is 0.267. The molecule has 0 spiro atoms. The van der Waals surface area contributed by atoms with Gasteiger partial charge >= 0.3 is 0 Å². The third kappa shape index (κ3) is 3.52. The Morgan fingerprint density at radius 3 is 2.67 bits per heavy atom. The van der Waals surface area contributed by atoms with Crippen molar-refractivity contribution in [2.24, 2.45) is 0 Å². The third-order valence-electron chi connectivity index (χ3n) is 2.98. The predicted molar refractivity (Wildman–Crippen MR) is 88.0 cm³/mol. The van der Waals surface area contributed by atoms with Gasteiger partial charge in [-0.25, -0.2) is 9.97 Å². The summed E-state index contributed by atoms with van der Waals surface area (Å²) in [6.07, 6.45) is 0. The van der Waals surface area contributed by atoms with E-state index in [1.807, 2.05) is 32.9 Å². The van der Waals surface area contributed by atoms with Crippen LogP contribution in [0.3, 0.4) is 0 Å². The number of hydrogen-bond donors (Lipinski definition) is 1. The molecule has 1 heterocycles. The third-order valence-corrected chi connectivity index (χ3v) is 3.84. The van der Waals surface area contributed by atoms with Crippen LogP contribution in [0.1, 0.15) is 36.7 Å². The maximum atomic E-state index is 9.19. The molecule has 21 heavy (non-hydrogen) atoms. The van der Waals surface area contributed by atoms with E-state index in [4.69, 9.17) is 11.6 Å². The first-order valence-corrected chi connectivity index (χ1v) is 7.60. The summed E-state index contributed by atoms with van der Waals surface area (Å²) in [4.78, 5) is 8.78. The van der Waals surface area contributed by atoms with Gasteiger partial charge in [0, 0.05) is 16.0 Å². The first kappa shape index (κ1) is 15.7. The number of nitriles is 1. The van der Waals surface area contributed by atoms with Crippen molar-refractivity contribution in [2.45, 2.75) is 26.7 Å². The van der Waals surface area contributed by atoms with Gasteiger partial charge in [-0.2, -0.15) is 5.26 Å². The molecule has 0 amide bonds. The van der Waals surface area contributed by atoms with Gasteiger partial charge in [0.15, 0.2) is 0 Å². The van der Waals surface area contributed by atoms with Crippen molar-refractivity contribution in [3.05, 3.63) is 44.8 Å². The predicted octanol–water partition coefficient (Wildman–Crippen LogP) is 4.94. The Balaban J connectivity index is 2.49. The van der Waals surface area contributed by atoms with E-state index in [-0.39, 0.29) is 5.92 Å². The van der Waals surface area contributed by atoms with E-state index < -0.39 is 0 Å². The fourth-order valence-electron chi connectivity index (χ4n) is 1.73. The lowest BCUT2D eigenvalue weighted by Crippen LogP contribution is -2.05. The normalized spacial score (nSPS) is 10.5. The van der Waals surface area contributed by atoms with E-state index in [9.17, 15) is 5.26 Å². The molecule has 0 saturated heterocycles. The van der Waals surface area contributed by atoms with Crippen molar-refractivity contribution < 1.29 is 0 Å². The Hall–Kier alpha value is -1.64. The summed E-state index contributed by atoms with van der Waals surface area (Å²) in [7, 11) is 0. The molecule has 2 aromatic rings. The molecule has 0 aliphatic rings. The van der Waals surface area contributed by atoms with E-state index in [0.717, 1.165) is 10.0 Å². The second-order valence-corrected chi connectivity index (χ2v) is 6.20. The second-order valence-electron chi connectivity index (χ2n) is 4.93. The zero-order valence-electron chi connectivity index (χ0n) is 11.9. The molecular formula is C15H14BrClN4. The van der Waals surface area contributed by atoms with Gasteiger partial charge in [-0.3, -0.25) is 0 Å². The monoisotopic (exact) mass is 364 g/mol. The second kappa shape index (κ2) is 6.42. The van der Waals surface area contributed by atoms with Gasteiger partial charge in [0.2, 0.25) is 0 Å². The van der Waals surface area contributed by atoms with Crippen molar-refractivity contribution in [1.29, 1.82) is 5.26 Å². The zero-order valence-corrected chi connectivity index (χ0v) is 14.2. The van der Waals surface area contributed by atoms with Crippen LogP contribution in [0.15, 0.2) is 22.7 Å². The molecule has 0 aliphatic carbocycles. The highest BCUT2D eigenvalue weighted by molar-refractivity contribution is 9.10. The number of benzene rings is 1. The molecule has 0 atom stereocenters. The smallest absolute Gasteiger partial charge is 0.138 e. The molecular weight excluding hydrogens is 352 g/mol. The summed E-state index contributed by atoms with van der Waals surface area (Å²) >= 11 is 9.57. The molecule has 1 aromatic carbocycles. The Labute approximate surface area is 137 Å². The lowest BCUT2D eigenvalue weighted by molar-refractivity contribution is 0.773. The minimum absolute atomic E-state index is 0.168. The van der Waals surface area contributed by atoms with Crippen LogP contribution in [-0.2, 0) is 0 Å². The molecule has 0 fully saturated rings. The molecule has 0 bridgehead atoms. The summed E-state index contributed by atoms with van der Waals surface area (Å²) in [5.41, 5.74) is 1.97. The minimum Gasteiger partial charge on any atom is -0.339 e. The van der Waals surface area contributed by atoms with Crippen LogP contribution in [-0.4, -0.2) is 9.97 Å². The van der Waals surface area contributed by atoms with Gasteiger partial charge < -0.3 is 5.32 Å². The minimum atomic E-state index is 0.168. The summed E-state index contributed by atoms with van der Waals surface area (Å²) in [6, 6.07) is 7.56. The highest BCUT2D eigenvalue weighted by Crippen LogP contribution is 2.28. The molecule has 0 saturated carbocycles. The van der Waals surface area contributed by atoms with Gasteiger partial charge in [-0.1, -0.05) is 41.4 Å². The number of aromatic nitrogens is 2. The van der Waals surface area contributed by atoms with Gasteiger partial charge in [0.1, 0.15) is 22.9 Å². The summed E-state index contributed by atoms with van der Waals surface area (Å²) in [5, 5.41) is 12.8. The number of anilines is 2. The van der Waals surface area contributed by atoms with Crippen molar-refractivity contribution in [3.63, 3.8) is 0 Å². The van der Waals surface area contributed by atoms with Crippen molar-refractivity contribution in [3.8, 4) is 6.07 Å². The summed E-state index contributed by atoms with van der Waals surface area (Å²) in [6.45, 7) is 5.86. The molecule has 0 aliphatic heterocycles. The maximum absolute atomic E-state index is 9.19. The lowest BCUT2D eigenvalue weighted by Gasteiger charge is -2.14. The van der Waals surface area contributed by atoms with Gasteiger partial charge in [-0.05, 0) is 25.1 Å². The first-order valence-electron chi connectivity index (χ1n) is 6.43. The Morgan fingerprint density at radius 2 is 2.05 bits per heavy atom. The highest BCUT2D eigenvalue weighted by Gasteiger charge is 2.13. The number of hydrogen-bond acceptors (Lipinski definition) is 4. The molecule has 108 valence electrons. The largest absolute Gasteiger partial charge is 0.339 e. The summed E-state index contributed by atoms with van der Waals surface area (Å²) in [5.74, 6) is 1.46. The van der Waals surface area contributed by atoms with E-state index in [1.54, 1.807) is 6.07 Å². The summed E-state index contributed by atoms with van der Waals surface area (Å²) < 4.78 is 0.880. The van der Waals surface area contributed by atoms with E-state index in [2.05, 4.69) is 37.3 Å². The molecule has 4 nitrogen and oxygen atoms in total. The van der Waals surface area contributed by atoms with Gasteiger partial charge in [0.05, 0.1) is 11.3 Å². The topological polar surface area (TPSA) is 61.6 Å². The van der Waals surface area contributed by atoms with Crippen LogP contribution in [0.25, 0.3) is 0 Å². The average Bonchev–Trinajstić information content (AvgIpc) is 2.43. The molecule has 6 heteroatoms. The fourth-order valence-corrected chi connectivity index (χ4v) is 2.27. The SMILES string of the molecule is Cc1c(Cl)nc(C(C)C)nc1Nc1cc(Br)ccc1C#N. The van der Waals surface area contributed by atoms with Gasteiger partial charge in [0.25, 0.3) is 0 Å². The van der Waals surface area contributed by atoms with Crippen molar-refractivity contribution in [1.82, 2.24) is 9.97 Å². The number of rotatable bonds is 3. The van der Waals surface area contributed by atoms with Crippen LogP contribution in [0.2, 0.25) is 5.15 Å². The van der Waals surface area contributed by atoms with Crippen molar-refractivity contribution in [2.75, 3.05) is 5.32 Å². The van der Waals surface area contributed by atoms with Crippen molar-refractivity contribution >= 4 is 39.0 Å². The van der Waals surface area contributed by atoms with Crippen LogP contribution >= 0.6 is 27.5 Å².